The van der Waals surface area contributed by atoms with Gasteiger partial charge in [-0.2, -0.15) is 0 Å². The zero-order chi connectivity index (χ0) is 17.8. The van der Waals surface area contributed by atoms with E-state index in [0.717, 1.165) is 43.0 Å². The summed E-state index contributed by atoms with van der Waals surface area (Å²) in [5.41, 5.74) is 1.74. The Morgan fingerprint density at radius 1 is 1.32 bits per heavy atom. The fourth-order valence-electron chi connectivity index (χ4n) is 3.04. The molecule has 134 valence electrons. The van der Waals surface area contributed by atoms with Crippen molar-refractivity contribution in [3.8, 4) is 0 Å². The monoisotopic (exact) mass is 343 g/mol. The highest BCUT2D eigenvalue weighted by molar-refractivity contribution is 5.91. The van der Waals surface area contributed by atoms with Crippen LogP contribution >= 0.6 is 0 Å². The first-order valence-electron chi connectivity index (χ1n) is 8.65. The first-order chi connectivity index (χ1) is 12.0. The number of hydrogen-bond acceptors (Lipinski definition) is 6. The average Bonchev–Trinajstić information content (AvgIpc) is 2.90. The van der Waals surface area contributed by atoms with Gasteiger partial charge in [0, 0.05) is 39.3 Å². The lowest BCUT2D eigenvalue weighted by Crippen LogP contribution is -2.32. The van der Waals surface area contributed by atoms with Crippen LogP contribution in [0.1, 0.15) is 35.5 Å². The molecule has 3 rings (SSSR count). The zero-order valence-corrected chi connectivity index (χ0v) is 15.0. The van der Waals surface area contributed by atoms with Crippen LogP contribution in [0, 0.1) is 6.92 Å². The molecule has 0 unspecified atom stereocenters. The minimum absolute atomic E-state index is 0.0711. The molecule has 1 N–H and O–H groups in total. The number of aryl methyl sites for hydroxylation is 1. The minimum Gasteiger partial charge on any atom is -0.381 e. The summed E-state index contributed by atoms with van der Waals surface area (Å²) in [6, 6.07) is 6.08. The number of anilines is 2. The van der Waals surface area contributed by atoms with Crippen molar-refractivity contribution in [3.63, 3.8) is 0 Å². The van der Waals surface area contributed by atoms with E-state index in [1.807, 2.05) is 49.1 Å². The molecule has 2 aromatic heterocycles. The topological polar surface area (TPSA) is 74.5 Å². The van der Waals surface area contributed by atoms with E-state index in [4.69, 9.17) is 4.52 Å². The van der Waals surface area contributed by atoms with Crippen molar-refractivity contribution >= 4 is 17.4 Å². The second-order valence-corrected chi connectivity index (χ2v) is 6.70. The maximum atomic E-state index is 12.5. The van der Waals surface area contributed by atoms with Gasteiger partial charge in [-0.25, -0.2) is 4.98 Å². The summed E-state index contributed by atoms with van der Waals surface area (Å²) in [7, 11) is 3.95. The van der Waals surface area contributed by atoms with Crippen molar-refractivity contribution in [2.75, 3.05) is 37.4 Å². The molecule has 1 amide bonds. The van der Waals surface area contributed by atoms with Crippen LogP contribution in [0.3, 0.4) is 0 Å². The largest absolute Gasteiger partial charge is 0.381 e. The van der Waals surface area contributed by atoms with E-state index in [1.54, 1.807) is 6.07 Å². The number of likely N-dealkylation sites (tertiary alicyclic amines) is 1. The molecule has 1 aliphatic rings. The van der Waals surface area contributed by atoms with Gasteiger partial charge in [-0.1, -0.05) is 5.16 Å². The van der Waals surface area contributed by atoms with Gasteiger partial charge >= 0.3 is 0 Å². The molecule has 0 spiro atoms. The fourth-order valence-corrected chi connectivity index (χ4v) is 3.04. The number of amides is 1. The molecule has 7 nitrogen and oxygen atoms in total. The van der Waals surface area contributed by atoms with E-state index in [9.17, 15) is 4.79 Å². The number of rotatable bonds is 4. The molecule has 0 saturated carbocycles. The standard InChI is InChI=1S/C18H25N5O2/c1-13-11-16(25-21-13)18(24)23-9-4-5-14(8-10-23)20-15-6-7-17(19-12-15)22(2)3/h6-7,11-12,14,20H,4-5,8-10H2,1-3H3/t14-/m0/s1. The summed E-state index contributed by atoms with van der Waals surface area (Å²) in [5.74, 6) is 1.19. The summed E-state index contributed by atoms with van der Waals surface area (Å²) in [6.07, 6.45) is 4.74. The number of nitrogens with one attached hydrogen (secondary N) is 1. The number of hydrogen-bond donors (Lipinski definition) is 1. The van der Waals surface area contributed by atoms with Crippen LogP contribution in [-0.4, -0.2) is 54.2 Å². The van der Waals surface area contributed by atoms with E-state index in [-0.39, 0.29) is 5.91 Å². The van der Waals surface area contributed by atoms with Gasteiger partial charge in [0.15, 0.2) is 0 Å². The molecule has 0 bridgehead atoms. The summed E-state index contributed by atoms with van der Waals surface area (Å²) in [6.45, 7) is 3.27. The van der Waals surface area contributed by atoms with Gasteiger partial charge in [0.05, 0.1) is 17.6 Å². The Morgan fingerprint density at radius 2 is 2.16 bits per heavy atom. The predicted octanol–water partition coefficient (Wildman–Crippen LogP) is 2.55. The lowest BCUT2D eigenvalue weighted by Gasteiger charge is -2.20. The normalized spacial score (nSPS) is 17.9. The molecular weight excluding hydrogens is 318 g/mol. The number of carbonyl (C=O) groups is 1. The van der Waals surface area contributed by atoms with Gasteiger partial charge in [-0.05, 0) is 38.3 Å². The Bertz CT molecular complexity index is 711. The van der Waals surface area contributed by atoms with Crippen LogP contribution in [-0.2, 0) is 0 Å². The lowest BCUT2D eigenvalue weighted by molar-refractivity contribution is 0.0719. The highest BCUT2D eigenvalue weighted by Crippen LogP contribution is 2.19. The first-order valence-corrected chi connectivity index (χ1v) is 8.65. The molecule has 1 saturated heterocycles. The molecular formula is C18H25N5O2. The molecule has 1 aliphatic heterocycles. The maximum absolute atomic E-state index is 12.5. The Labute approximate surface area is 148 Å². The van der Waals surface area contributed by atoms with Gasteiger partial charge < -0.3 is 19.6 Å². The third-order valence-electron chi connectivity index (χ3n) is 4.43. The number of nitrogens with zero attached hydrogens (tertiary/aromatic N) is 4. The minimum atomic E-state index is -0.0711. The summed E-state index contributed by atoms with van der Waals surface area (Å²) in [5, 5.41) is 7.34. The highest BCUT2D eigenvalue weighted by atomic mass is 16.5. The molecule has 25 heavy (non-hydrogen) atoms. The third-order valence-corrected chi connectivity index (χ3v) is 4.43. The smallest absolute Gasteiger partial charge is 0.292 e. The van der Waals surface area contributed by atoms with E-state index in [0.29, 0.717) is 18.3 Å². The van der Waals surface area contributed by atoms with E-state index in [2.05, 4.69) is 15.5 Å². The van der Waals surface area contributed by atoms with Crippen LogP contribution in [0.5, 0.6) is 0 Å². The fraction of sp³-hybridized carbons (Fsp3) is 0.500. The third kappa shape index (κ3) is 4.29. The number of aromatic nitrogens is 2. The molecule has 2 aromatic rings. The molecule has 1 atom stereocenters. The van der Waals surface area contributed by atoms with Crippen molar-refractivity contribution in [3.05, 3.63) is 35.9 Å². The lowest BCUT2D eigenvalue weighted by atomic mass is 10.1. The molecule has 3 heterocycles. The van der Waals surface area contributed by atoms with Gasteiger partial charge in [-0.3, -0.25) is 4.79 Å². The van der Waals surface area contributed by atoms with Crippen molar-refractivity contribution in [1.82, 2.24) is 15.0 Å². The second-order valence-electron chi connectivity index (χ2n) is 6.70. The SMILES string of the molecule is Cc1cc(C(=O)N2CCC[C@H](Nc3ccc(N(C)C)nc3)CC2)on1. The Balaban J connectivity index is 1.57. The molecule has 0 radical (unpaired) electrons. The van der Waals surface area contributed by atoms with E-state index < -0.39 is 0 Å². The van der Waals surface area contributed by atoms with Crippen molar-refractivity contribution in [2.24, 2.45) is 0 Å². The highest BCUT2D eigenvalue weighted by Gasteiger charge is 2.24. The number of pyridine rings is 1. The summed E-state index contributed by atoms with van der Waals surface area (Å²) >= 11 is 0. The first kappa shape index (κ1) is 17.3. The Morgan fingerprint density at radius 3 is 2.80 bits per heavy atom. The Hall–Kier alpha value is -2.57. The summed E-state index contributed by atoms with van der Waals surface area (Å²) < 4.78 is 5.10. The number of carbonyl (C=O) groups excluding carboxylic acids is 1. The maximum Gasteiger partial charge on any atom is 0.292 e. The second kappa shape index (κ2) is 7.55. The quantitative estimate of drug-likeness (QED) is 0.920. The van der Waals surface area contributed by atoms with Crippen LogP contribution in [0.2, 0.25) is 0 Å². The molecule has 7 heteroatoms. The van der Waals surface area contributed by atoms with Gasteiger partial charge in [0.25, 0.3) is 5.91 Å². The molecule has 0 aromatic carbocycles. The Kier molecular flexibility index (Phi) is 5.21. The summed E-state index contributed by atoms with van der Waals surface area (Å²) in [4.78, 5) is 20.8. The van der Waals surface area contributed by atoms with E-state index in [1.165, 1.54) is 0 Å². The van der Waals surface area contributed by atoms with Crippen molar-refractivity contribution in [1.29, 1.82) is 0 Å². The zero-order valence-electron chi connectivity index (χ0n) is 15.0. The van der Waals surface area contributed by atoms with Crippen molar-refractivity contribution < 1.29 is 9.32 Å². The van der Waals surface area contributed by atoms with Gasteiger partial charge in [0.2, 0.25) is 5.76 Å². The van der Waals surface area contributed by atoms with Crippen LogP contribution in [0.15, 0.2) is 28.9 Å². The molecule has 1 fully saturated rings. The van der Waals surface area contributed by atoms with Gasteiger partial charge in [-0.15, -0.1) is 0 Å². The molecule has 0 aliphatic carbocycles. The average molecular weight is 343 g/mol. The van der Waals surface area contributed by atoms with Gasteiger partial charge in [0.1, 0.15) is 5.82 Å². The van der Waals surface area contributed by atoms with Crippen LogP contribution in [0.25, 0.3) is 0 Å². The predicted molar refractivity (Wildman–Crippen MR) is 97.0 cm³/mol. The van der Waals surface area contributed by atoms with E-state index >= 15 is 0 Å². The van der Waals surface area contributed by atoms with Crippen LogP contribution < -0.4 is 10.2 Å². The van der Waals surface area contributed by atoms with Crippen molar-refractivity contribution in [2.45, 2.75) is 32.2 Å². The van der Waals surface area contributed by atoms with Crippen LogP contribution in [0.4, 0.5) is 11.5 Å².